The third-order valence-corrected chi connectivity index (χ3v) is 4.01. The molecule has 1 aromatic rings. The molecule has 0 amide bonds. The third kappa shape index (κ3) is 7.05. The maximum atomic E-state index is 13.4. The lowest BCUT2D eigenvalue weighted by Gasteiger charge is -2.25. The average molecular weight is 294 g/mol. The first kappa shape index (κ1) is 18.1. The van der Waals surface area contributed by atoms with Crippen LogP contribution in [0.2, 0.25) is 0 Å². The van der Waals surface area contributed by atoms with E-state index in [0.717, 1.165) is 44.0 Å². The van der Waals surface area contributed by atoms with Crippen LogP contribution >= 0.6 is 0 Å². The molecule has 0 radical (unpaired) electrons. The van der Waals surface area contributed by atoms with Gasteiger partial charge in [0.25, 0.3) is 0 Å². The molecule has 0 saturated heterocycles. The van der Waals surface area contributed by atoms with Crippen molar-refractivity contribution in [3.8, 4) is 0 Å². The zero-order valence-electron chi connectivity index (χ0n) is 14.0. The van der Waals surface area contributed by atoms with Crippen LogP contribution in [0.5, 0.6) is 0 Å². The first-order valence-corrected chi connectivity index (χ1v) is 8.24. The molecule has 120 valence electrons. The number of halogens is 1. The molecule has 3 heteroatoms. The molecule has 1 aromatic carbocycles. The van der Waals surface area contributed by atoms with Gasteiger partial charge in [0.2, 0.25) is 0 Å². The van der Waals surface area contributed by atoms with Gasteiger partial charge in [0.05, 0.1) is 0 Å². The summed E-state index contributed by atoms with van der Waals surface area (Å²) >= 11 is 0. The van der Waals surface area contributed by atoms with Crippen LogP contribution in [0.3, 0.4) is 0 Å². The Labute approximate surface area is 129 Å². The molecule has 21 heavy (non-hydrogen) atoms. The van der Waals surface area contributed by atoms with Crippen LogP contribution in [0, 0.1) is 11.7 Å². The normalized spacial score (nSPS) is 14.4. The molecule has 2 nitrogen and oxygen atoms in total. The second-order valence-electron chi connectivity index (χ2n) is 6.13. The highest BCUT2D eigenvalue weighted by Gasteiger charge is 2.13. The number of benzene rings is 1. The summed E-state index contributed by atoms with van der Waals surface area (Å²) in [4.78, 5) is 2.38. The van der Waals surface area contributed by atoms with Crippen LogP contribution in [-0.4, -0.2) is 31.6 Å². The van der Waals surface area contributed by atoms with E-state index in [2.05, 4.69) is 38.0 Å². The predicted octanol–water partition coefficient (Wildman–Crippen LogP) is 4.23. The van der Waals surface area contributed by atoms with Crippen LogP contribution < -0.4 is 5.32 Å². The van der Waals surface area contributed by atoms with Gasteiger partial charge in [0, 0.05) is 12.6 Å². The van der Waals surface area contributed by atoms with Crippen molar-refractivity contribution in [3.05, 3.63) is 35.6 Å². The Morgan fingerprint density at radius 3 is 2.67 bits per heavy atom. The molecule has 0 aliphatic heterocycles. The number of hydrogen-bond donors (Lipinski definition) is 1. The van der Waals surface area contributed by atoms with Crippen molar-refractivity contribution in [1.82, 2.24) is 10.2 Å². The molecule has 0 saturated carbocycles. The van der Waals surface area contributed by atoms with Crippen LogP contribution in [0.1, 0.15) is 51.6 Å². The first-order chi connectivity index (χ1) is 10.1. The fourth-order valence-corrected chi connectivity index (χ4v) is 2.53. The van der Waals surface area contributed by atoms with Crippen molar-refractivity contribution in [3.63, 3.8) is 0 Å². The van der Waals surface area contributed by atoms with E-state index in [1.54, 1.807) is 12.1 Å². The van der Waals surface area contributed by atoms with Gasteiger partial charge in [-0.1, -0.05) is 39.3 Å². The topological polar surface area (TPSA) is 15.3 Å². The molecule has 0 fully saturated rings. The highest BCUT2D eigenvalue weighted by molar-refractivity contribution is 5.20. The number of hydrogen-bond acceptors (Lipinski definition) is 2. The summed E-state index contributed by atoms with van der Waals surface area (Å²) in [6.07, 6.45) is 3.32. The van der Waals surface area contributed by atoms with Gasteiger partial charge < -0.3 is 10.2 Å². The molecule has 1 rings (SSSR count). The van der Waals surface area contributed by atoms with Crippen LogP contribution in [0.15, 0.2) is 24.3 Å². The van der Waals surface area contributed by atoms with Crippen molar-refractivity contribution in [1.29, 1.82) is 0 Å². The molecule has 0 aliphatic rings. The monoisotopic (exact) mass is 294 g/mol. The summed E-state index contributed by atoms with van der Waals surface area (Å²) < 4.78 is 13.4. The quantitative estimate of drug-likeness (QED) is 0.694. The Morgan fingerprint density at radius 2 is 2.05 bits per heavy atom. The largest absolute Gasteiger partial charge is 0.310 e. The van der Waals surface area contributed by atoms with Crippen molar-refractivity contribution >= 4 is 0 Å². The summed E-state index contributed by atoms with van der Waals surface area (Å²) in [6.45, 7) is 9.80. The lowest BCUT2D eigenvalue weighted by Crippen LogP contribution is -2.30. The van der Waals surface area contributed by atoms with Gasteiger partial charge in [0.15, 0.2) is 0 Å². The van der Waals surface area contributed by atoms with Crippen molar-refractivity contribution in [2.24, 2.45) is 5.92 Å². The number of nitrogens with zero attached hydrogens (tertiary/aromatic N) is 1. The van der Waals surface area contributed by atoms with Gasteiger partial charge >= 0.3 is 0 Å². The summed E-state index contributed by atoms with van der Waals surface area (Å²) in [5.74, 6) is 0.579. The van der Waals surface area contributed by atoms with E-state index < -0.39 is 0 Å². The second kappa shape index (κ2) is 9.91. The summed E-state index contributed by atoms with van der Waals surface area (Å²) in [7, 11) is 2.18. The Kier molecular flexibility index (Phi) is 8.55. The lowest BCUT2D eigenvalue weighted by molar-refractivity contribution is 0.265. The zero-order chi connectivity index (χ0) is 15.7. The number of nitrogens with one attached hydrogen (secondary N) is 1. The molecule has 2 unspecified atom stereocenters. The highest BCUT2D eigenvalue weighted by atomic mass is 19.1. The minimum Gasteiger partial charge on any atom is -0.310 e. The summed E-state index contributed by atoms with van der Waals surface area (Å²) in [5.41, 5.74) is 1.06. The minimum absolute atomic E-state index is 0.149. The first-order valence-electron chi connectivity index (χ1n) is 8.24. The predicted molar refractivity (Wildman–Crippen MR) is 89.0 cm³/mol. The minimum atomic E-state index is -0.149. The van der Waals surface area contributed by atoms with Crippen molar-refractivity contribution in [2.75, 3.05) is 26.7 Å². The Bertz CT molecular complexity index is 395. The molecule has 0 aliphatic carbocycles. The van der Waals surface area contributed by atoms with E-state index in [1.807, 2.05) is 6.07 Å². The van der Waals surface area contributed by atoms with Crippen molar-refractivity contribution in [2.45, 2.75) is 46.1 Å². The second-order valence-corrected chi connectivity index (χ2v) is 6.13. The fourth-order valence-electron chi connectivity index (χ4n) is 2.53. The highest BCUT2D eigenvalue weighted by Crippen LogP contribution is 2.18. The van der Waals surface area contributed by atoms with E-state index in [0.29, 0.717) is 0 Å². The SMILES string of the molecule is CCCNC(CCN(C)CC(C)CC)c1cccc(F)c1. The van der Waals surface area contributed by atoms with Gasteiger partial charge in [-0.25, -0.2) is 4.39 Å². The molecule has 0 bridgehead atoms. The van der Waals surface area contributed by atoms with E-state index in [9.17, 15) is 4.39 Å². The molecular formula is C18H31FN2. The van der Waals surface area contributed by atoms with Gasteiger partial charge in [-0.2, -0.15) is 0 Å². The standard InChI is InChI=1S/C18H31FN2/c1-5-11-20-18(16-8-7-9-17(19)13-16)10-12-21(4)14-15(3)6-2/h7-9,13,15,18,20H,5-6,10-12,14H2,1-4H3. The van der Waals surface area contributed by atoms with Gasteiger partial charge in [-0.05, 0) is 56.6 Å². The fraction of sp³-hybridized carbons (Fsp3) is 0.667. The van der Waals surface area contributed by atoms with E-state index >= 15 is 0 Å². The number of rotatable bonds is 10. The molecule has 0 aromatic heterocycles. The van der Waals surface area contributed by atoms with E-state index in [-0.39, 0.29) is 11.9 Å². The van der Waals surface area contributed by atoms with Gasteiger partial charge in [0.1, 0.15) is 5.82 Å². The van der Waals surface area contributed by atoms with E-state index in [4.69, 9.17) is 0 Å². The maximum Gasteiger partial charge on any atom is 0.123 e. The van der Waals surface area contributed by atoms with Gasteiger partial charge in [-0.15, -0.1) is 0 Å². The maximum absolute atomic E-state index is 13.4. The smallest absolute Gasteiger partial charge is 0.123 e. The Morgan fingerprint density at radius 1 is 1.29 bits per heavy atom. The summed E-state index contributed by atoms with van der Waals surface area (Å²) in [6, 6.07) is 7.22. The molecule has 0 heterocycles. The Hall–Kier alpha value is -0.930. The molecule has 0 spiro atoms. The molecule has 1 N–H and O–H groups in total. The molecular weight excluding hydrogens is 263 g/mol. The zero-order valence-corrected chi connectivity index (χ0v) is 14.0. The van der Waals surface area contributed by atoms with Gasteiger partial charge in [-0.3, -0.25) is 0 Å². The van der Waals surface area contributed by atoms with Crippen LogP contribution in [0.4, 0.5) is 4.39 Å². The molecule has 2 atom stereocenters. The van der Waals surface area contributed by atoms with E-state index in [1.165, 1.54) is 12.5 Å². The van der Waals surface area contributed by atoms with Crippen molar-refractivity contribution < 1.29 is 4.39 Å². The Balaban J connectivity index is 2.58. The third-order valence-electron chi connectivity index (χ3n) is 4.01. The van der Waals surface area contributed by atoms with Crippen LogP contribution in [-0.2, 0) is 0 Å². The average Bonchev–Trinajstić information content (AvgIpc) is 2.47. The summed E-state index contributed by atoms with van der Waals surface area (Å²) in [5, 5.41) is 3.54. The van der Waals surface area contributed by atoms with Crippen LogP contribution in [0.25, 0.3) is 0 Å². The lowest BCUT2D eigenvalue weighted by atomic mass is 10.0.